The average Bonchev–Trinajstić information content (AvgIpc) is 2.66. The van der Waals surface area contributed by atoms with E-state index in [1.807, 2.05) is 19.9 Å². The topological polar surface area (TPSA) is 95.5 Å². The summed E-state index contributed by atoms with van der Waals surface area (Å²) in [6.45, 7) is 5.28. The van der Waals surface area contributed by atoms with Crippen LogP contribution in [0.1, 0.15) is 18.1 Å². The van der Waals surface area contributed by atoms with Crippen LogP contribution in [-0.4, -0.2) is 19.4 Å². The zero-order chi connectivity index (χ0) is 21.2. The van der Waals surface area contributed by atoms with Crippen LogP contribution in [0.3, 0.4) is 0 Å². The summed E-state index contributed by atoms with van der Waals surface area (Å²) in [5.41, 5.74) is 4.35. The third-order valence-electron chi connectivity index (χ3n) is 4.55. The Morgan fingerprint density at radius 2 is 1.59 bits per heavy atom. The van der Waals surface area contributed by atoms with Gasteiger partial charge in [0.1, 0.15) is 5.75 Å². The number of hydrogen-bond acceptors (Lipinski definition) is 4. The van der Waals surface area contributed by atoms with Crippen molar-refractivity contribution in [3.05, 3.63) is 71.8 Å². The molecule has 0 radical (unpaired) electrons. The van der Waals surface area contributed by atoms with E-state index in [0.29, 0.717) is 22.5 Å². The average molecular weight is 410 g/mol. The van der Waals surface area contributed by atoms with Crippen molar-refractivity contribution in [1.29, 1.82) is 0 Å². The minimum atomic E-state index is -3.75. The number of rotatable bonds is 5. The van der Waals surface area contributed by atoms with E-state index < -0.39 is 10.0 Å². The molecule has 0 heterocycles. The van der Waals surface area contributed by atoms with Crippen LogP contribution in [-0.2, 0) is 14.8 Å². The van der Waals surface area contributed by atoms with Crippen LogP contribution in [0.25, 0.3) is 11.1 Å². The highest BCUT2D eigenvalue weighted by molar-refractivity contribution is 7.92. The minimum Gasteiger partial charge on any atom is -0.508 e. The number of carbonyl (C=O) groups is 1. The van der Waals surface area contributed by atoms with Gasteiger partial charge in [-0.15, -0.1) is 0 Å². The van der Waals surface area contributed by atoms with Crippen molar-refractivity contribution in [2.45, 2.75) is 25.7 Å². The molecule has 150 valence electrons. The fourth-order valence-corrected chi connectivity index (χ4v) is 3.95. The molecule has 3 aromatic carbocycles. The molecule has 0 aliphatic heterocycles. The number of aromatic hydroxyl groups is 1. The number of benzene rings is 3. The van der Waals surface area contributed by atoms with Crippen molar-refractivity contribution in [2.75, 3.05) is 10.0 Å². The molecule has 0 saturated carbocycles. The molecule has 0 spiro atoms. The van der Waals surface area contributed by atoms with Crippen molar-refractivity contribution in [2.24, 2.45) is 0 Å². The smallest absolute Gasteiger partial charge is 0.261 e. The van der Waals surface area contributed by atoms with Crippen LogP contribution in [0.15, 0.2) is 65.6 Å². The summed E-state index contributed by atoms with van der Waals surface area (Å²) >= 11 is 0. The maximum Gasteiger partial charge on any atom is 0.261 e. The lowest BCUT2D eigenvalue weighted by Crippen LogP contribution is -2.13. The van der Waals surface area contributed by atoms with Crippen molar-refractivity contribution >= 4 is 27.3 Å². The van der Waals surface area contributed by atoms with E-state index >= 15 is 0 Å². The summed E-state index contributed by atoms with van der Waals surface area (Å²) in [6.07, 6.45) is 0. The third kappa shape index (κ3) is 4.75. The lowest BCUT2D eigenvalue weighted by Gasteiger charge is -2.13. The molecular weight excluding hydrogens is 388 g/mol. The van der Waals surface area contributed by atoms with Crippen molar-refractivity contribution in [3.8, 4) is 16.9 Å². The van der Waals surface area contributed by atoms with Crippen LogP contribution in [0.4, 0.5) is 11.4 Å². The molecule has 3 aromatic rings. The van der Waals surface area contributed by atoms with Crippen LogP contribution >= 0.6 is 0 Å². The van der Waals surface area contributed by atoms with Crippen molar-refractivity contribution < 1.29 is 18.3 Å². The third-order valence-corrected chi connectivity index (χ3v) is 5.95. The maximum absolute atomic E-state index is 12.7. The molecule has 0 aliphatic carbocycles. The number of carbonyl (C=O) groups excluding carboxylic acids is 1. The largest absolute Gasteiger partial charge is 0.508 e. The van der Waals surface area contributed by atoms with Gasteiger partial charge in [0.2, 0.25) is 5.91 Å². The molecule has 0 aromatic heterocycles. The number of anilines is 2. The minimum absolute atomic E-state index is 0.0437. The number of aryl methyl sites for hydroxylation is 2. The second kappa shape index (κ2) is 7.97. The van der Waals surface area contributed by atoms with Gasteiger partial charge in [0.25, 0.3) is 10.0 Å². The number of hydrogen-bond donors (Lipinski definition) is 3. The van der Waals surface area contributed by atoms with Gasteiger partial charge < -0.3 is 10.4 Å². The lowest BCUT2D eigenvalue weighted by molar-refractivity contribution is -0.114. The van der Waals surface area contributed by atoms with Crippen molar-refractivity contribution in [3.63, 3.8) is 0 Å². The number of phenolic OH excluding ortho intramolecular Hbond substituents is 1. The number of amides is 1. The Labute approximate surface area is 170 Å². The van der Waals surface area contributed by atoms with Gasteiger partial charge in [-0.25, -0.2) is 8.42 Å². The monoisotopic (exact) mass is 410 g/mol. The zero-order valence-electron chi connectivity index (χ0n) is 16.4. The van der Waals surface area contributed by atoms with Crippen LogP contribution in [0, 0.1) is 13.8 Å². The summed E-state index contributed by atoms with van der Waals surface area (Å²) in [6, 6.07) is 16.2. The van der Waals surface area contributed by atoms with E-state index in [0.717, 1.165) is 11.1 Å². The molecule has 0 aliphatic rings. The van der Waals surface area contributed by atoms with E-state index in [4.69, 9.17) is 0 Å². The first-order valence-electron chi connectivity index (χ1n) is 8.97. The van der Waals surface area contributed by atoms with Gasteiger partial charge in [0.05, 0.1) is 4.90 Å². The first-order valence-corrected chi connectivity index (χ1v) is 10.4. The lowest BCUT2D eigenvalue weighted by atomic mass is 10.0. The number of nitrogens with one attached hydrogen (secondary N) is 2. The van der Waals surface area contributed by atoms with Crippen LogP contribution < -0.4 is 10.0 Å². The zero-order valence-corrected chi connectivity index (χ0v) is 17.2. The first-order chi connectivity index (χ1) is 13.7. The van der Waals surface area contributed by atoms with Gasteiger partial charge in [0, 0.05) is 23.9 Å². The van der Waals surface area contributed by atoms with Crippen LogP contribution in [0.2, 0.25) is 0 Å². The first kappa shape index (κ1) is 20.4. The van der Waals surface area contributed by atoms with Gasteiger partial charge in [-0.3, -0.25) is 9.52 Å². The summed E-state index contributed by atoms with van der Waals surface area (Å²) in [5.74, 6) is -0.198. The van der Waals surface area contributed by atoms with E-state index in [2.05, 4.69) is 10.0 Å². The fraction of sp³-hybridized carbons (Fsp3) is 0.136. The molecule has 0 unspecified atom stereocenters. The molecule has 0 fully saturated rings. The van der Waals surface area contributed by atoms with Gasteiger partial charge in [-0.2, -0.15) is 0 Å². The Bertz CT molecular complexity index is 1170. The predicted molar refractivity (Wildman–Crippen MR) is 115 cm³/mol. The summed E-state index contributed by atoms with van der Waals surface area (Å²) in [4.78, 5) is 11.5. The molecular formula is C22H22N2O4S. The number of sulfonamides is 1. The second-order valence-electron chi connectivity index (χ2n) is 6.84. The normalized spacial score (nSPS) is 11.1. The SMILES string of the molecule is CC(=O)Nc1ccc(O)cc1-c1ccc(S(=O)(=O)Nc2ccc(C)c(C)c2)cc1. The van der Waals surface area contributed by atoms with Gasteiger partial charge in [-0.05, 0) is 73.0 Å². The van der Waals surface area contributed by atoms with Gasteiger partial charge in [-0.1, -0.05) is 18.2 Å². The van der Waals surface area contributed by atoms with E-state index in [1.54, 1.807) is 30.3 Å². The Morgan fingerprint density at radius 3 is 2.21 bits per heavy atom. The molecule has 1 amide bonds. The molecule has 29 heavy (non-hydrogen) atoms. The molecule has 7 heteroatoms. The van der Waals surface area contributed by atoms with Gasteiger partial charge >= 0.3 is 0 Å². The fourth-order valence-electron chi connectivity index (χ4n) is 2.90. The van der Waals surface area contributed by atoms with Crippen LogP contribution in [0.5, 0.6) is 5.75 Å². The Hall–Kier alpha value is -3.32. The highest BCUT2D eigenvalue weighted by Crippen LogP contribution is 2.32. The maximum atomic E-state index is 12.7. The van der Waals surface area contributed by atoms with E-state index in [-0.39, 0.29) is 16.6 Å². The molecule has 0 atom stereocenters. The highest BCUT2D eigenvalue weighted by atomic mass is 32.2. The Kier molecular flexibility index (Phi) is 5.61. The standard InChI is InChI=1S/C22H22N2O4S/c1-14-4-7-18(12-15(14)2)24-29(27,28)20-9-5-17(6-10-20)21-13-19(26)8-11-22(21)23-16(3)25/h4-13,24,26H,1-3H3,(H,23,25). The molecule has 0 bridgehead atoms. The molecule has 3 N–H and O–H groups in total. The van der Waals surface area contributed by atoms with E-state index in [9.17, 15) is 18.3 Å². The van der Waals surface area contributed by atoms with E-state index in [1.165, 1.54) is 31.2 Å². The second-order valence-corrected chi connectivity index (χ2v) is 8.52. The Morgan fingerprint density at radius 1 is 0.897 bits per heavy atom. The summed E-state index contributed by atoms with van der Waals surface area (Å²) in [5, 5.41) is 12.5. The predicted octanol–water partition coefficient (Wildman–Crippen LogP) is 4.44. The summed E-state index contributed by atoms with van der Waals surface area (Å²) in [7, 11) is -3.75. The van der Waals surface area contributed by atoms with Gasteiger partial charge in [0.15, 0.2) is 0 Å². The van der Waals surface area contributed by atoms with Crippen molar-refractivity contribution in [1.82, 2.24) is 0 Å². The molecule has 0 saturated heterocycles. The molecule has 3 rings (SSSR count). The quantitative estimate of drug-likeness (QED) is 0.542. The molecule has 6 nitrogen and oxygen atoms in total. The highest BCUT2D eigenvalue weighted by Gasteiger charge is 2.15. The summed E-state index contributed by atoms with van der Waals surface area (Å²) < 4.78 is 28.0. The number of phenols is 1. The Balaban J connectivity index is 1.91.